The van der Waals surface area contributed by atoms with Gasteiger partial charge >= 0.3 is 5.69 Å². The predicted octanol–water partition coefficient (Wildman–Crippen LogP) is 1.55. The van der Waals surface area contributed by atoms with E-state index >= 15 is 0 Å². The molecule has 3 unspecified atom stereocenters. The molecule has 3 atom stereocenters. The highest BCUT2D eigenvalue weighted by Gasteiger charge is 2.36. The van der Waals surface area contributed by atoms with Gasteiger partial charge < -0.3 is 0 Å². The van der Waals surface area contributed by atoms with Crippen LogP contribution in [-0.2, 0) is 7.05 Å². The minimum absolute atomic E-state index is 0.122. The van der Waals surface area contributed by atoms with E-state index in [4.69, 9.17) is 0 Å². The summed E-state index contributed by atoms with van der Waals surface area (Å²) in [6.07, 6.45) is 2.61. The molecule has 0 saturated heterocycles. The molecular weight excluding hydrogens is 234 g/mol. The summed E-state index contributed by atoms with van der Waals surface area (Å²) in [4.78, 5) is 23.7. The monoisotopic (exact) mass is 253 g/mol. The molecule has 0 amide bonds. The van der Waals surface area contributed by atoms with Gasteiger partial charge in [-0.25, -0.2) is 9.18 Å². The van der Waals surface area contributed by atoms with Crippen LogP contribution in [0.5, 0.6) is 0 Å². The molecule has 1 aromatic heterocycles. The molecule has 1 fully saturated rings. The van der Waals surface area contributed by atoms with E-state index < -0.39 is 6.17 Å². The van der Waals surface area contributed by atoms with Gasteiger partial charge in [-0.2, -0.15) is 0 Å². The second-order valence-electron chi connectivity index (χ2n) is 5.10. The number of hydrogen-bond donors (Lipinski definition) is 0. The lowest BCUT2D eigenvalue weighted by Crippen LogP contribution is -2.41. The van der Waals surface area contributed by atoms with Gasteiger partial charge in [0.2, 0.25) is 0 Å². The van der Waals surface area contributed by atoms with Crippen molar-refractivity contribution in [1.82, 2.24) is 9.13 Å². The summed E-state index contributed by atoms with van der Waals surface area (Å²) in [5, 5.41) is 0. The van der Waals surface area contributed by atoms with Gasteiger partial charge in [0.25, 0.3) is 5.56 Å². The fourth-order valence-electron chi connectivity index (χ4n) is 2.95. The van der Waals surface area contributed by atoms with Gasteiger partial charge in [0.15, 0.2) is 0 Å². The van der Waals surface area contributed by atoms with Crippen LogP contribution in [0.3, 0.4) is 0 Å². The Morgan fingerprint density at radius 1 is 1.39 bits per heavy atom. The highest BCUT2D eigenvalue weighted by molar-refractivity contribution is 5.05. The first-order valence-electron chi connectivity index (χ1n) is 6.40. The van der Waals surface area contributed by atoms with Gasteiger partial charge in [-0.15, -0.1) is 0 Å². The van der Waals surface area contributed by atoms with Crippen LogP contribution in [0, 0.1) is 12.8 Å². The molecule has 100 valence electrons. The third-order valence-electron chi connectivity index (χ3n) is 4.01. The number of nitrogens with zero attached hydrogens (tertiary/aromatic N) is 2. The van der Waals surface area contributed by atoms with E-state index in [1.807, 2.05) is 6.92 Å². The van der Waals surface area contributed by atoms with Crippen molar-refractivity contribution in [2.75, 3.05) is 0 Å². The Balaban J connectivity index is 2.53. The molecular formula is C13H19FN2O2. The molecule has 0 bridgehead atoms. The molecule has 2 rings (SSSR count). The van der Waals surface area contributed by atoms with Gasteiger partial charge in [-0.1, -0.05) is 6.92 Å². The number of hydrogen-bond acceptors (Lipinski definition) is 2. The number of rotatable bonds is 2. The maximum Gasteiger partial charge on any atom is 0.330 e. The summed E-state index contributed by atoms with van der Waals surface area (Å²) < 4.78 is 16.4. The Kier molecular flexibility index (Phi) is 3.41. The molecule has 0 aromatic carbocycles. The average Bonchev–Trinajstić information content (AvgIpc) is 2.72. The average molecular weight is 253 g/mol. The molecule has 1 saturated carbocycles. The molecule has 1 aliphatic carbocycles. The van der Waals surface area contributed by atoms with Crippen molar-refractivity contribution < 1.29 is 4.39 Å². The van der Waals surface area contributed by atoms with Crippen LogP contribution in [-0.4, -0.2) is 15.3 Å². The number of halogens is 1. The van der Waals surface area contributed by atoms with Crippen molar-refractivity contribution >= 4 is 0 Å². The van der Waals surface area contributed by atoms with E-state index in [2.05, 4.69) is 0 Å². The molecule has 0 N–H and O–H groups in total. The predicted molar refractivity (Wildman–Crippen MR) is 67.6 cm³/mol. The van der Waals surface area contributed by atoms with Crippen LogP contribution in [0.25, 0.3) is 0 Å². The van der Waals surface area contributed by atoms with Gasteiger partial charge in [-0.3, -0.25) is 13.9 Å². The summed E-state index contributed by atoms with van der Waals surface area (Å²) in [5.74, 6) is -0.125. The molecule has 18 heavy (non-hydrogen) atoms. The van der Waals surface area contributed by atoms with E-state index in [1.165, 1.54) is 7.05 Å². The van der Waals surface area contributed by atoms with E-state index in [0.29, 0.717) is 24.8 Å². The summed E-state index contributed by atoms with van der Waals surface area (Å²) in [6.45, 7) is 3.62. The maximum absolute atomic E-state index is 13.8. The second kappa shape index (κ2) is 4.71. The highest BCUT2D eigenvalue weighted by atomic mass is 18.2. The van der Waals surface area contributed by atoms with E-state index in [1.54, 1.807) is 17.7 Å². The lowest BCUT2D eigenvalue weighted by molar-refractivity contribution is 0.220. The van der Waals surface area contributed by atoms with Gasteiger partial charge in [-0.05, 0) is 26.2 Å². The highest BCUT2D eigenvalue weighted by Crippen LogP contribution is 2.38. The molecule has 0 radical (unpaired) electrons. The van der Waals surface area contributed by atoms with Crippen molar-refractivity contribution in [2.45, 2.75) is 45.3 Å². The molecule has 0 aliphatic heterocycles. The van der Waals surface area contributed by atoms with Crippen molar-refractivity contribution in [3.63, 3.8) is 0 Å². The third-order valence-corrected chi connectivity index (χ3v) is 4.01. The van der Waals surface area contributed by atoms with Crippen molar-refractivity contribution in [2.24, 2.45) is 13.0 Å². The Labute approximate surface area is 105 Å². The summed E-state index contributed by atoms with van der Waals surface area (Å²) in [6, 6.07) is -0.122. The van der Waals surface area contributed by atoms with Crippen LogP contribution in [0.1, 0.15) is 37.8 Å². The van der Waals surface area contributed by atoms with Gasteiger partial charge in [0.05, 0.1) is 0 Å². The van der Waals surface area contributed by atoms with Crippen LogP contribution in [0.4, 0.5) is 4.39 Å². The zero-order valence-electron chi connectivity index (χ0n) is 11.0. The first-order chi connectivity index (χ1) is 8.47. The maximum atomic E-state index is 13.8. The lowest BCUT2D eigenvalue weighted by atomic mass is 9.99. The van der Waals surface area contributed by atoms with E-state index in [0.717, 1.165) is 4.57 Å². The van der Waals surface area contributed by atoms with Crippen LogP contribution >= 0.6 is 0 Å². The molecule has 1 aromatic rings. The SMILES string of the molecule is CCC1C([18F])CCC1n1cc(C)c(=O)n(C)c1=O. The Hall–Kier alpha value is -1.39. The number of aromatic nitrogens is 2. The molecule has 0 spiro atoms. The second-order valence-corrected chi connectivity index (χ2v) is 5.10. The van der Waals surface area contributed by atoms with E-state index in [9.17, 15) is 14.0 Å². The summed E-state index contributed by atoms with van der Waals surface area (Å²) in [7, 11) is 1.47. The lowest BCUT2D eigenvalue weighted by Gasteiger charge is -2.22. The fourth-order valence-corrected chi connectivity index (χ4v) is 2.95. The minimum atomic E-state index is -0.843. The standard InChI is InChI=1S/C13H19FN2O2/c1-4-9-10(14)5-6-11(9)16-7-8(2)12(17)15(3)13(16)18/h7,9-11H,4-6H2,1-3H3/i14-1. The summed E-state index contributed by atoms with van der Waals surface area (Å²) >= 11 is 0. The fraction of sp³-hybridized carbons (Fsp3) is 0.692. The van der Waals surface area contributed by atoms with Crippen molar-refractivity contribution in [1.29, 1.82) is 0 Å². The zero-order valence-corrected chi connectivity index (χ0v) is 11.0. The Bertz CT molecular complexity index is 561. The van der Waals surface area contributed by atoms with Crippen molar-refractivity contribution in [3.05, 3.63) is 32.6 Å². The normalized spacial score (nSPS) is 27.7. The van der Waals surface area contributed by atoms with Crippen LogP contribution in [0.15, 0.2) is 15.8 Å². The smallest absolute Gasteiger partial charge is 0.297 e. The molecule has 1 heterocycles. The van der Waals surface area contributed by atoms with Crippen molar-refractivity contribution in [3.8, 4) is 0 Å². The van der Waals surface area contributed by atoms with Crippen LogP contribution < -0.4 is 11.2 Å². The Morgan fingerprint density at radius 3 is 2.67 bits per heavy atom. The summed E-state index contributed by atoms with van der Waals surface area (Å²) in [5.41, 5.74) is -0.100. The minimum Gasteiger partial charge on any atom is -0.297 e. The first kappa shape index (κ1) is 13.1. The third kappa shape index (κ3) is 1.91. The first-order valence-corrected chi connectivity index (χ1v) is 6.40. The Morgan fingerprint density at radius 2 is 2.06 bits per heavy atom. The van der Waals surface area contributed by atoms with Crippen LogP contribution in [0.2, 0.25) is 0 Å². The van der Waals surface area contributed by atoms with Gasteiger partial charge in [0, 0.05) is 30.8 Å². The molecule has 1 aliphatic rings. The molecule has 4 nitrogen and oxygen atoms in total. The number of aryl methyl sites for hydroxylation is 1. The number of alkyl halides is 1. The largest absolute Gasteiger partial charge is 0.330 e. The van der Waals surface area contributed by atoms with E-state index in [-0.39, 0.29) is 23.2 Å². The van der Waals surface area contributed by atoms with Gasteiger partial charge in [0.1, 0.15) is 6.17 Å². The quantitative estimate of drug-likeness (QED) is 0.802. The molecule has 5 heteroatoms. The topological polar surface area (TPSA) is 44.0 Å². The zero-order chi connectivity index (χ0) is 13.4.